The second-order valence-electron chi connectivity index (χ2n) is 8.19. The van der Waals surface area contributed by atoms with Gasteiger partial charge in [0.05, 0.1) is 4.90 Å². The molecule has 2 N–H and O–H groups in total. The molecule has 3 aromatic carbocycles. The number of carboxylic acid groups (broad SMARTS) is 1. The SMILES string of the molecule is CCc1cccc(-c2ccc(CC(NS(=O)(=O)c3c(C)cc(C)cc3C)C(=O)O)cc2)c1. The highest BCUT2D eigenvalue weighted by Crippen LogP contribution is 2.24. The second kappa shape index (κ2) is 9.67. The van der Waals surface area contributed by atoms with Crippen molar-refractivity contribution in [2.24, 2.45) is 0 Å². The summed E-state index contributed by atoms with van der Waals surface area (Å²) < 4.78 is 28.4. The van der Waals surface area contributed by atoms with Gasteiger partial charge in [-0.25, -0.2) is 8.42 Å². The van der Waals surface area contributed by atoms with Gasteiger partial charge >= 0.3 is 5.97 Å². The van der Waals surface area contributed by atoms with Gasteiger partial charge in [-0.2, -0.15) is 4.72 Å². The molecule has 0 aromatic heterocycles. The van der Waals surface area contributed by atoms with Crippen molar-refractivity contribution in [3.05, 3.63) is 88.5 Å². The van der Waals surface area contributed by atoms with E-state index in [2.05, 4.69) is 23.8 Å². The van der Waals surface area contributed by atoms with Crippen molar-refractivity contribution in [3.63, 3.8) is 0 Å². The average molecular weight is 452 g/mol. The van der Waals surface area contributed by atoms with E-state index in [1.165, 1.54) is 5.56 Å². The zero-order chi connectivity index (χ0) is 23.5. The molecule has 0 saturated carbocycles. The molecule has 0 fully saturated rings. The lowest BCUT2D eigenvalue weighted by Gasteiger charge is -2.18. The Balaban J connectivity index is 1.82. The normalized spacial score (nSPS) is 12.5. The summed E-state index contributed by atoms with van der Waals surface area (Å²) in [5.74, 6) is -1.21. The van der Waals surface area contributed by atoms with E-state index >= 15 is 0 Å². The first kappa shape index (κ1) is 23.7. The van der Waals surface area contributed by atoms with Crippen LogP contribution in [0.4, 0.5) is 0 Å². The van der Waals surface area contributed by atoms with Gasteiger partial charge in [0.25, 0.3) is 0 Å². The molecule has 0 heterocycles. The molecule has 5 nitrogen and oxygen atoms in total. The second-order valence-corrected chi connectivity index (χ2v) is 9.85. The van der Waals surface area contributed by atoms with Gasteiger partial charge in [-0.1, -0.05) is 73.2 Å². The van der Waals surface area contributed by atoms with Crippen LogP contribution in [-0.4, -0.2) is 25.5 Å². The maximum Gasteiger partial charge on any atom is 0.322 e. The standard InChI is InChI=1S/C26H29NO4S/c1-5-20-7-6-8-23(15-20)22-11-9-21(10-12-22)16-24(26(28)29)27-32(30,31)25-18(3)13-17(2)14-19(25)4/h6-15,24,27H,5,16H2,1-4H3,(H,28,29). The van der Waals surface area contributed by atoms with Crippen LogP contribution in [0.3, 0.4) is 0 Å². The predicted octanol–water partition coefficient (Wildman–Crippen LogP) is 4.82. The Kier molecular flexibility index (Phi) is 7.16. The third-order valence-corrected chi connectivity index (χ3v) is 7.31. The van der Waals surface area contributed by atoms with Crippen LogP contribution in [0.15, 0.2) is 65.6 Å². The number of hydrogen-bond donors (Lipinski definition) is 2. The fourth-order valence-electron chi connectivity index (χ4n) is 4.06. The summed E-state index contributed by atoms with van der Waals surface area (Å²) in [5, 5.41) is 9.69. The minimum atomic E-state index is -3.99. The molecule has 0 aliphatic rings. The van der Waals surface area contributed by atoms with Crippen molar-refractivity contribution in [2.75, 3.05) is 0 Å². The van der Waals surface area contributed by atoms with Crippen molar-refractivity contribution in [3.8, 4) is 11.1 Å². The number of sulfonamides is 1. The lowest BCUT2D eigenvalue weighted by atomic mass is 9.99. The molecule has 0 spiro atoms. The molecule has 0 aliphatic heterocycles. The van der Waals surface area contributed by atoms with Crippen molar-refractivity contribution < 1.29 is 18.3 Å². The number of carboxylic acids is 1. The highest BCUT2D eigenvalue weighted by molar-refractivity contribution is 7.89. The molecular weight excluding hydrogens is 422 g/mol. The van der Waals surface area contributed by atoms with Gasteiger partial charge in [0.15, 0.2) is 0 Å². The minimum Gasteiger partial charge on any atom is -0.480 e. The van der Waals surface area contributed by atoms with Gasteiger partial charge in [0.2, 0.25) is 10.0 Å². The third kappa shape index (κ3) is 5.44. The Morgan fingerprint density at radius 3 is 2.09 bits per heavy atom. The van der Waals surface area contributed by atoms with Crippen LogP contribution < -0.4 is 4.72 Å². The molecule has 3 aromatic rings. The van der Waals surface area contributed by atoms with Crippen LogP contribution >= 0.6 is 0 Å². The number of aliphatic carboxylic acids is 1. The molecule has 168 valence electrons. The molecule has 0 saturated heterocycles. The van der Waals surface area contributed by atoms with E-state index in [1.54, 1.807) is 26.0 Å². The van der Waals surface area contributed by atoms with Crippen molar-refractivity contribution >= 4 is 16.0 Å². The Bertz CT molecular complexity index is 1210. The van der Waals surface area contributed by atoms with Gasteiger partial charge in [-0.15, -0.1) is 0 Å². The molecule has 0 aliphatic carbocycles. The first-order valence-corrected chi connectivity index (χ1v) is 12.1. The Hall–Kier alpha value is -2.96. The van der Waals surface area contributed by atoms with Crippen LogP contribution in [0.1, 0.15) is 34.7 Å². The molecule has 0 amide bonds. The van der Waals surface area contributed by atoms with Crippen LogP contribution in [-0.2, 0) is 27.7 Å². The summed E-state index contributed by atoms with van der Waals surface area (Å²) in [4.78, 5) is 12.0. The highest BCUT2D eigenvalue weighted by Gasteiger charge is 2.28. The first-order valence-electron chi connectivity index (χ1n) is 10.6. The molecule has 32 heavy (non-hydrogen) atoms. The van der Waals surface area contributed by atoms with Gasteiger partial charge in [-0.3, -0.25) is 4.79 Å². The van der Waals surface area contributed by atoms with Gasteiger partial charge < -0.3 is 5.11 Å². The van der Waals surface area contributed by atoms with E-state index in [0.29, 0.717) is 11.1 Å². The topological polar surface area (TPSA) is 83.5 Å². The zero-order valence-corrected chi connectivity index (χ0v) is 19.7. The monoisotopic (exact) mass is 451 g/mol. The fraction of sp³-hybridized carbons (Fsp3) is 0.269. The quantitative estimate of drug-likeness (QED) is 0.515. The summed E-state index contributed by atoms with van der Waals surface area (Å²) in [5.41, 5.74) is 6.26. The largest absolute Gasteiger partial charge is 0.480 e. The van der Waals surface area contributed by atoms with Crippen LogP contribution in [0.25, 0.3) is 11.1 Å². The maximum absolute atomic E-state index is 13.0. The number of carbonyl (C=O) groups is 1. The van der Waals surface area contributed by atoms with Gasteiger partial charge in [-0.05, 0) is 67.0 Å². The van der Waals surface area contributed by atoms with E-state index in [1.807, 2.05) is 43.3 Å². The van der Waals surface area contributed by atoms with E-state index in [9.17, 15) is 18.3 Å². The van der Waals surface area contributed by atoms with E-state index in [4.69, 9.17) is 0 Å². The molecule has 3 rings (SSSR count). The molecule has 1 atom stereocenters. The van der Waals surface area contributed by atoms with Crippen molar-refractivity contribution in [2.45, 2.75) is 51.5 Å². The summed E-state index contributed by atoms with van der Waals surface area (Å²) in [6.07, 6.45) is 1.00. The summed E-state index contributed by atoms with van der Waals surface area (Å²) >= 11 is 0. The molecule has 6 heteroatoms. The van der Waals surface area contributed by atoms with Crippen LogP contribution in [0, 0.1) is 20.8 Å². The van der Waals surface area contributed by atoms with Crippen LogP contribution in [0.2, 0.25) is 0 Å². The molecular formula is C26H29NO4S. The van der Waals surface area contributed by atoms with E-state index < -0.39 is 22.0 Å². The summed E-state index contributed by atoms with van der Waals surface area (Å²) in [6.45, 7) is 7.44. The number of rotatable bonds is 8. The van der Waals surface area contributed by atoms with Crippen molar-refractivity contribution in [1.29, 1.82) is 0 Å². The van der Waals surface area contributed by atoms with Gasteiger partial charge in [0.1, 0.15) is 6.04 Å². The Morgan fingerprint density at radius 1 is 0.906 bits per heavy atom. The van der Waals surface area contributed by atoms with Crippen LogP contribution in [0.5, 0.6) is 0 Å². The first-order chi connectivity index (χ1) is 15.1. The smallest absolute Gasteiger partial charge is 0.322 e. The number of aryl methyl sites for hydroxylation is 4. The maximum atomic E-state index is 13.0. The predicted molar refractivity (Wildman–Crippen MR) is 127 cm³/mol. The van der Waals surface area contributed by atoms with Gasteiger partial charge in [0, 0.05) is 0 Å². The number of hydrogen-bond acceptors (Lipinski definition) is 3. The molecule has 0 bridgehead atoms. The van der Waals surface area contributed by atoms with E-state index in [0.717, 1.165) is 28.7 Å². The third-order valence-electron chi connectivity index (χ3n) is 5.53. The molecule has 1 unspecified atom stereocenters. The molecule has 0 radical (unpaired) electrons. The average Bonchev–Trinajstić information content (AvgIpc) is 2.72. The van der Waals surface area contributed by atoms with E-state index in [-0.39, 0.29) is 11.3 Å². The summed E-state index contributed by atoms with van der Waals surface area (Å²) in [6, 6.07) is 18.1. The lowest BCUT2D eigenvalue weighted by Crippen LogP contribution is -2.42. The minimum absolute atomic E-state index is 0.0494. The summed E-state index contributed by atoms with van der Waals surface area (Å²) in [7, 11) is -3.99. The Labute approximate surface area is 190 Å². The van der Waals surface area contributed by atoms with Crippen molar-refractivity contribution in [1.82, 2.24) is 4.72 Å². The number of benzene rings is 3. The highest BCUT2D eigenvalue weighted by atomic mass is 32.2. The lowest BCUT2D eigenvalue weighted by molar-refractivity contribution is -0.138. The fourth-order valence-corrected chi connectivity index (χ4v) is 5.70. The zero-order valence-electron chi connectivity index (χ0n) is 18.8. The number of nitrogens with one attached hydrogen (secondary N) is 1. The Morgan fingerprint density at radius 2 is 1.53 bits per heavy atom.